The molecule has 280 valence electrons. The van der Waals surface area contributed by atoms with Gasteiger partial charge in [0.25, 0.3) is 0 Å². The van der Waals surface area contributed by atoms with Crippen molar-refractivity contribution in [2.24, 2.45) is 0 Å². The highest BCUT2D eigenvalue weighted by atomic mass is 27.0. The molecule has 2 aliphatic heterocycles. The van der Waals surface area contributed by atoms with E-state index >= 15 is 0 Å². The molecule has 0 atom stereocenters. The fourth-order valence-electron chi connectivity index (χ4n) is 7.33. The zero-order valence-corrected chi connectivity index (χ0v) is 28.9. The Kier molecular flexibility index (Phi) is 9.42. The molecule has 5 heterocycles. The van der Waals surface area contributed by atoms with Crippen molar-refractivity contribution in [2.45, 2.75) is 0 Å². The molecule has 0 unspecified atom stereocenters. The molecule has 16 nitrogen and oxygen atoms in total. The summed E-state index contributed by atoms with van der Waals surface area (Å²) in [6.07, 6.45) is 0. The molecule has 4 aromatic carbocycles. The number of aliphatic hydroxyl groups is 4. The highest BCUT2D eigenvalue weighted by molar-refractivity contribution is 6.32. The second-order valence-electron chi connectivity index (χ2n) is 12.8. The molecule has 0 aliphatic carbocycles. The van der Waals surface area contributed by atoms with E-state index in [9.17, 15) is 39.6 Å². The summed E-state index contributed by atoms with van der Waals surface area (Å²) in [5.74, 6) is -3.83. The van der Waals surface area contributed by atoms with Gasteiger partial charge in [-0.3, -0.25) is 19.2 Å². The summed E-state index contributed by atoms with van der Waals surface area (Å²) < 4.78 is 0. The molecule has 3 aromatic heterocycles. The third kappa shape index (κ3) is 5.76. The van der Waals surface area contributed by atoms with Crippen LogP contribution in [0.4, 0.5) is 0 Å². The van der Waals surface area contributed by atoms with Crippen molar-refractivity contribution < 1.29 is 39.6 Å². The van der Waals surface area contributed by atoms with Crippen molar-refractivity contribution in [3.63, 3.8) is 0 Å². The van der Waals surface area contributed by atoms with Crippen LogP contribution in [0.3, 0.4) is 0 Å². The van der Waals surface area contributed by atoms with Gasteiger partial charge in [-0.1, -0.05) is 72.8 Å². The maximum atomic E-state index is 13.8. The standard InChI is InChI=1S/C40H26N8O8.Al.3H/c49-13-23(53)27-28(24(54)14-50)30(26(56)16-52)32-31(29(27)25(55)15-51)39-46-37-21-11-5-3-9-19(21)35(44-37)42-33-17-7-1-2-8-18(17)34(41-33)43-36-20-10-4-6-12-22(20)38(45-36)47-40(32)48-39;;;;/h1-12,49-52H,13-16H2,(H2,41,42,43,44,45,46,47,48);;;;. The Bertz CT molecular complexity index is 2890. The van der Waals surface area contributed by atoms with E-state index in [0.29, 0.717) is 33.5 Å². The summed E-state index contributed by atoms with van der Waals surface area (Å²) >= 11 is 0. The Balaban J connectivity index is 0.00000455. The lowest BCUT2D eigenvalue weighted by Gasteiger charge is -2.17. The Hall–Kier alpha value is -6.71. The maximum absolute atomic E-state index is 13.8. The topological polar surface area (TPSA) is 258 Å². The number of carbonyl (C=O) groups is 4. The van der Waals surface area contributed by atoms with Gasteiger partial charge in [0, 0.05) is 66.1 Å². The summed E-state index contributed by atoms with van der Waals surface area (Å²) in [5, 5.41) is 41.7. The summed E-state index contributed by atoms with van der Waals surface area (Å²) in [7, 11) is 0. The van der Waals surface area contributed by atoms with E-state index < -0.39 is 71.8 Å². The van der Waals surface area contributed by atoms with Crippen LogP contribution in [0.1, 0.15) is 41.4 Å². The summed E-state index contributed by atoms with van der Waals surface area (Å²) in [6, 6.07) is 21.7. The van der Waals surface area contributed by atoms with Gasteiger partial charge in [-0.2, -0.15) is 0 Å². The van der Waals surface area contributed by atoms with E-state index in [2.05, 4.69) is 9.97 Å². The molecule has 0 amide bonds. The number of aromatic amines is 2. The molecule has 0 spiro atoms. The number of H-pyrrole nitrogens is 2. The fraction of sp³-hybridized carbons (Fsp3) is 0.100. The van der Waals surface area contributed by atoms with Crippen LogP contribution in [-0.4, -0.2) is 127 Å². The molecule has 0 saturated carbocycles. The van der Waals surface area contributed by atoms with Gasteiger partial charge in [0.2, 0.25) is 0 Å². The van der Waals surface area contributed by atoms with Crippen molar-refractivity contribution in [1.82, 2.24) is 39.9 Å². The van der Waals surface area contributed by atoms with Gasteiger partial charge in [-0.15, -0.1) is 0 Å². The number of hydrogen-bond acceptors (Lipinski definition) is 14. The molecule has 9 rings (SSSR count). The van der Waals surface area contributed by atoms with E-state index in [1.54, 1.807) is 48.5 Å². The van der Waals surface area contributed by atoms with Crippen molar-refractivity contribution in [2.75, 3.05) is 26.4 Å². The monoisotopic (exact) mass is 776 g/mol. The van der Waals surface area contributed by atoms with Crippen LogP contribution in [0.2, 0.25) is 0 Å². The number of Topliss-reactive ketones (excluding diaryl/α,β-unsaturated/α-hetero) is 4. The van der Waals surface area contributed by atoms with Crippen LogP contribution in [0, 0.1) is 0 Å². The Morgan fingerprint density at radius 2 is 0.684 bits per heavy atom. The molecule has 6 N–H and O–H groups in total. The molecule has 57 heavy (non-hydrogen) atoms. The van der Waals surface area contributed by atoms with Gasteiger partial charge in [-0.25, -0.2) is 29.9 Å². The van der Waals surface area contributed by atoms with E-state index in [4.69, 9.17) is 29.9 Å². The van der Waals surface area contributed by atoms with Crippen molar-refractivity contribution in [3.8, 4) is 45.6 Å². The van der Waals surface area contributed by atoms with Gasteiger partial charge in [0.05, 0.1) is 0 Å². The lowest BCUT2D eigenvalue weighted by molar-refractivity contribution is 0.0848. The Morgan fingerprint density at radius 3 is 1.02 bits per heavy atom. The zero-order chi connectivity index (χ0) is 38.8. The number of hydrogen-bond donors (Lipinski definition) is 6. The molecule has 8 bridgehead atoms. The number of fused-ring (bicyclic) bond motifs is 20. The molecule has 2 aliphatic rings. The molecule has 17 heteroatoms. The smallest absolute Gasteiger partial charge is 0.189 e. The van der Waals surface area contributed by atoms with E-state index in [0.717, 1.165) is 10.8 Å². The van der Waals surface area contributed by atoms with Crippen molar-refractivity contribution >= 4 is 84.6 Å². The van der Waals surface area contributed by atoms with Crippen molar-refractivity contribution in [1.29, 1.82) is 0 Å². The number of ketones is 4. The van der Waals surface area contributed by atoms with Gasteiger partial charge in [-0.05, 0) is 0 Å². The molecule has 7 aromatic rings. The third-order valence-electron chi connectivity index (χ3n) is 9.69. The first-order valence-corrected chi connectivity index (χ1v) is 17.2. The minimum Gasteiger partial charge on any atom is -0.388 e. The fourth-order valence-corrected chi connectivity index (χ4v) is 7.33. The first kappa shape index (κ1) is 37.2. The third-order valence-corrected chi connectivity index (χ3v) is 9.69. The van der Waals surface area contributed by atoms with Crippen LogP contribution in [0.5, 0.6) is 0 Å². The number of carbonyl (C=O) groups excluding carboxylic acids is 4. The lowest BCUT2D eigenvalue weighted by Crippen LogP contribution is -2.25. The second kappa shape index (κ2) is 14.4. The number of rotatable bonds is 8. The first-order chi connectivity index (χ1) is 27.3. The molecule has 0 saturated heterocycles. The molecular weight excluding hydrogens is 747 g/mol. The minimum absolute atomic E-state index is 0. The number of nitrogens with one attached hydrogen (secondary N) is 2. The van der Waals surface area contributed by atoms with Crippen LogP contribution in [0.15, 0.2) is 72.8 Å². The maximum Gasteiger partial charge on any atom is 0.189 e. The average Bonchev–Trinajstić information content (AvgIpc) is 3.97. The van der Waals surface area contributed by atoms with Crippen LogP contribution < -0.4 is 0 Å². The highest BCUT2D eigenvalue weighted by Gasteiger charge is 2.35. The Morgan fingerprint density at radius 1 is 0.404 bits per heavy atom. The summed E-state index contributed by atoms with van der Waals surface area (Å²) in [4.78, 5) is 90.1. The van der Waals surface area contributed by atoms with Gasteiger partial charge < -0.3 is 30.4 Å². The van der Waals surface area contributed by atoms with Crippen LogP contribution in [0.25, 0.3) is 89.7 Å². The predicted molar refractivity (Wildman–Crippen MR) is 212 cm³/mol. The van der Waals surface area contributed by atoms with Gasteiger partial charge >= 0.3 is 0 Å². The highest BCUT2D eigenvalue weighted by Crippen LogP contribution is 2.40. The summed E-state index contributed by atoms with van der Waals surface area (Å²) in [5.41, 5.74) is 0.103. The van der Waals surface area contributed by atoms with E-state index in [1.165, 1.54) is 0 Å². The van der Waals surface area contributed by atoms with Gasteiger partial charge in [0.1, 0.15) is 49.0 Å². The Labute approximate surface area is 330 Å². The zero-order valence-electron chi connectivity index (χ0n) is 28.9. The molecule has 0 fully saturated rings. The number of benzene rings is 4. The van der Waals surface area contributed by atoms with E-state index in [-0.39, 0.29) is 62.7 Å². The number of aromatic nitrogens is 8. The SMILES string of the molecule is O=C(CO)c1c(C(=O)CO)c(C(=O)CO)c2c3nc4nc(nc5[nH]c(nc6nc(nc([nH]3)c2c1C(=O)CO)-c1ccccc1-6)c1ccccc51)-c1ccccc1-4.[AlH3]. The lowest BCUT2D eigenvalue weighted by atomic mass is 9.83. The van der Waals surface area contributed by atoms with Crippen LogP contribution >= 0.6 is 0 Å². The number of nitrogens with zero attached hydrogens (tertiary/aromatic N) is 6. The quantitative estimate of drug-likeness (QED) is 0.0957. The largest absolute Gasteiger partial charge is 0.388 e. The number of aliphatic hydroxyl groups excluding tert-OH is 4. The molecular formula is C40H29AlN8O8. The van der Waals surface area contributed by atoms with Crippen molar-refractivity contribution in [3.05, 3.63) is 95.1 Å². The average molecular weight is 777 g/mol. The summed E-state index contributed by atoms with van der Waals surface area (Å²) in [6.45, 7) is -4.81. The molecule has 0 radical (unpaired) electrons. The second-order valence-corrected chi connectivity index (χ2v) is 12.8. The normalized spacial score (nSPS) is 11.6. The minimum atomic E-state index is -1.23. The first-order valence-electron chi connectivity index (χ1n) is 17.2. The predicted octanol–water partition coefficient (Wildman–Crippen LogP) is 2.39. The van der Waals surface area contributed by atoms with Gasteiger partial charge in [0.15, 0.2) is 63.8 Å². The van der Waals surface area contributed by atoms with Crippen LogP contribution in [-0.2, 0) is 0 Å². The van der Waals surface area contributed by atoms with E-state index in [1.807, 2.05) is 24.3 Å².